The number of nitrogens with one attached hydrogen (secondary N) is 2. The second-order valence-electron chi connectivity index (χ2n) is 6.59. The van der Waals surface area contributed by atoms with Crippen LogP contribution in [0.1, 0.15) is 74.5 Å². The zero-order valence-electron chi connectivity index (χ0n) is 12.4. The summed E-state index contributed by atoms with van der Waals surface area (Å²) in [6.07, 6.45) is 10.8. The second-order valence-corrected chi connectivity index (χ2v) is 6.59. The van der Waals surface area contributed by atoms with Gasteiger partial charge in [-0.3, -0.25) is 0 Å². The lowest BCUT2D eigenvalue weighted by Crippen LogP contribution is -2.43. The summed E-state index contributed by atoms with van der Waals surface area (Å²) in [5.41, 5.74) is 2.99. The Kier molecular flexibility index (Phi) is 3.66. The first kappa shape index (κ1) is 13.2. The van der Waals surface area contributed by atoms with Gasteiger partial charge in [-0.2, -0.15) is 0 Å². The zero-order chi connectivity index (χ0) is 13.3. The van der Waals surface area contributed by atoms with Crippen molar-refractivity contribution < 1.29 is 0 Å². The number of aromatic amines is 1. The molecule has 0 bridgehead atoms. The molecule has 19 heavy (non-hydrogen) atoms. The first-order chi connectivity index (χ1) is 9.25. The van der Waals surface area contributed by atoms with Crippen molar-refractivity contribution in [3.63, 3.8) is 0 Å². The van der Waals surface area contributed by atoms with E-state index >= 15 is 0 Å². The van der Waals surface area contributed by atoms with Crippen LogP contribution >= 0.6 is 0 Å². The molecule has 0 unspecified atom stereocenters. The van der Waals surface area contributed by atoms with Crippen LogP contribution in [-0.4, -0.2) is 23.6 Å². The molecule has 106 valence electrons. The van der Waals surface area contributed by atoms with Crippen molar-refractivity contribution in [2.75, 3.05) is 13.6 Å². The van der Waals surface area contributed by atoms with E-state index in [1.165, 1.54) is 68.6 Å². The van der Waals surface area contributed by atoms with Crippen molar-refractivity contribution in [3.05, 3.63) is 17.2 Å². The summed E-state index contributed by atoms with van der Waals surface area (Å²) >= 11 is 0. The fourth-order valence-electron chi connectivity index (χ4n) is 3.94. The van der Waals surface area contributed by atoms with E-state index in [0.717, 1.165) is 6.54 Å². The van der Waals surface area contributed by atoms with E-state index in [-0.39, 0.29) is 0 Å². The van der Waals surface area contributed by atoms with Crippen LogP contribution in [0.15, 0.2) is 0 Å². The van der Waals surface area contributed by atoms with Gasteiger partial charge in [0, 0.05) is 23.6 Å². The zero-order valence-corrected chi connectivity index (χ0v) is 12.4. The third kappa shape index (κ3) is 2.33. The van der Waals surface area contributed by atoms with Gasteiger partial charge in [-0.25, -0.2) is 4.98 Å². The van der Waals surface area contributed by atoms with Crippen LogP contribution in [0.2, 0.25) is 0 Å². The molecule has 0 saturated heterocycles. The average molecular weight is 261 g/mol. The minimum atomic E-state index is 0.298. The highest BCUT2D eigenvalue weighted by Gasteiger charge is 2.41. The number of hydrogen-bond donors (Lipinski definition) is 2. The number of H-pyrrole nitrogens is 1. The van der Waals surface area contributed by atoms with Gasteiger partial charge >= 0.3 is 0 Å². The van der Waals surface area contributed by atoms with Gasteiger partial charge in [-0.05, 0) is 39.7 Å². The van der Waals surface area contributed by atoms with Crippen LogP contribution in [0.3, 0.4) is 0 Å². The van der Waals surface area contributed by atoms with Crippen molar-refractivity contribution in [2.45, 2.75) is 69.6 Å². The molecule has 0 atom stereocenters. The van der Waals surface area contributed by atoms with Gasteiger partial charge in [-0.1, -0.05) is 25.7 Å². The van der Waals surface area contributed by atoms with E-state index in [0.29, 0.717) is 11.3 Å². The number of nitrogens with zero attached hydrogens (tertiary/aromatic N) is 1. The van der Waals surface area contributed by atoms with E-state index in [9.17, 15) is 0 Å². The fraction of sp³-hybridized carbons (Fsp3) is 0.812. The van der Waals surface area contributed by atoms with Gasteiger partial charge < -0.3 is 10.3 Å². The molecule has 0 spiro atoms. The number of likely N-dealkylation sites (N-methyl/N-ethyl adjacent to an activating group) is 1. The summed E-state index contributed by atoms with van der Waals surface area (Å²) in [6, 6.07) is 0. The number of aryl methyl sites for hydroxylation is 1. The highest BCUT2D eigenvalue weighted by Crippen LogP contribution is 2.43. The molecule has 2 aliphatic carbocycles. The summed E-state index contributed by atoms with van der Waals surface area (Å²) in [7, 11) is 2.05. The second kappa shape index (κ2) is 5.28. The van der Waals surface area contributed by atoms with Crippen molar-refractivity contribution in [3.8, 4) is 0 Å². The molecule has 1 aromatic heterocycles. The Morgan fingerprint density at radius 2 is 1.95 bits per heavy atom. The smallest absolute Gasteiger partial charge is 0.114 e. The Bertz CT molecular complexity index is 425. The first-order valence-corrected chi connectivity index (χ1v) is 7.97. The van der Waals surface area contributed by atoms with Gasteiger partial charge in [0.1, 0.15) is 5.82 Å². The van der Waals surface area contributed by atoms with Crippen molar-refractivity contribution in [1.82, 2.24) is 15.3 Å². The predicted molar refractivity (Wildman–Crippen MR) is 78.6 cm³/mol. The third-order valence-electron chi connectivity index (χ3n) is 5.24. The first-order valence-electron chi connectivity index (χ1n) is 7.97. The standard InChI is InChI=1S/C16H27N3/c1-12-14(13-7-4-3-5-8-13)19-15(18-12)16(11-17-2)9-6-10-16/h13,17H,3-11H2,1-2H3,(H,18,19). The van der Waals surface area contributed by atoms with Crippen LogP contribution in [0, 0.1) is 6.92 Å². The predicted octanol–water partition coefficient (Wildman–Crippen LogP) is 3.41. The minimum Gasteiger partial charge on any atom is -0.345 e. The Morgan fingerprint density at radius 1 is 1.21 bits per heavy atom. The average Bonchev–Trinajstić information content (AvgIpc) is 2.77. The minimum absolute atomic E-state index is 0.298. The molecule has 1 aromatic rings. The maximum absolute atomic E-state index is 5.05. The molecular formula is C16H27N3. The van der Waals surface area contributed by atoms with Gasteiger partial charge in [0.05, 0.1) is 5.69 Å². The van der Waals surface area contributed by atoms with Crippen LogP contribution in [0.4, 0.5) is 0 Å². The summed E-state index contributed by atoms with van der Waals surface area (Å²) in [4.78, 5) is 8.67. The van der Waals surface area contributed by atoms with E-state index in [1.807, 2.05) is 0 Å². The van der Waals surface area contributed by atoms with E-state index in [4.69, 9.17) is 4.98 Å². The SMILES string of the molecule is CNCC1(c2nc(C3CCCCC3)c(C)[nH]2)CCC1. The Hall–Kier alpha value is -0.830. The molecular weight excluding hydrogens is 234 g/mol. The Morgan fingerprint density at radius 3 is 2.53 bits per heavy atom. The fourth-order valence-corrected chi connectivity index (χ4v) is 3.94. The Labute approximate surface area is 116 Å². The van der Waals surface area contributed by atoms with Crippen LogP contribution in [-0.2, 0) is 5.41 Å². The van der Waals surface area contributed by atoms with Gasteiger partial charge in [-0.15, -0.1) is 0 Å². The van der Waals surface area contributed by atoms with E-state index in [1.54, 1.807) is 0 Å². The van der Waals surface area contributed by atoms with Crippen LogP contribution in [0.5, 0.6) is 0 Å². The van der Waals surface area contributed by atoms with E-state index < -0.39 is 0 Å². The van der Waals surface area contributed by atoms with E-state index in [2.05, 4.69) is 24.3 Å². The summed E-state index contributed by atoms with van der Waals surface area (Å²) in [5.74, 6) is 1.97. The number of rotatable bonds is 4. The molecule has 1 heterocycles. The highest BCUT2D eigenvalue weighted by molar-refractivity contribution is 5.24. The number of hydrogen-bond acceptors (Lipinski definition) is 2. The van der Waals surface area contributed by atoms with Crippen molar-refractivity contribution >= 4 is 0 Å². The third-order valence-corrected chi connectivity index (χ3v) is 5.24. The molecule has 2 fully saturated rings. The molecule has 0 aliphatic heterocycles. The quantitative estimate of drug-likeness (QED) is 0.872. The lowest BCUT2D eigenvalue weighted by Gasteiger charge is -2.40. The summed E-state index contributed by atoms with van der Waals surface area (Å²) < 4.78 is 0. The molecule has 0 aromatic carbocycles. The van der Waals surface area contributed by atoms with Crippen LogP contribution in [0.25, 0.3) is 0 Å². The lowest BCUT2D eigenvalue weighted by molar-refractivity contribution is 0.225. The largest absolute Gasteiger partial charge is 0.345 e. The molecule has 3 heteroatoms. The van der Waals surface area contributed by atoms with Crippen molar-refractivity contribution in [1.29, 1.82) is 0 Å². The number of aromatic nitrogens is 2. The summed E-state index contributed by atoms with van der Waals surface area (Å²) in [5, 5.41) is 3.36. The monoisotopic (exact) mass is 261 g/mol. The summed E-state index contributed by atoms with van der Waals surface area (Å²) in [6.45, 7) is 3.27. The van der Waals surface area contributed by atoms with Crippen LogP contribution < -0.4 is 5.32 Å². The molecule has 2 N–H and O–H groups in total. The molecule has 3 rings (SSSR count). The topological polar surface area (TPSA) is 40.7 Å². The van der Waals surface area contributed by atoms with Gasteiger partial charge in [0.2, 0.25) is 0 Å². The molecule has 2 saturated carbocycles. The Balaban J connectivity index is 1.83. The number of imidazole rings is 1. The molecule has 3 nitrogen and oxygen atoms in total. The van der Waals surface area contributed by atoms with Gasteiger partial charge in [0.15, 0.2) is 0 Å². The lowest BCUT2D eigenvalue weighted by atomic mass is 9.68. The molecule has 2 aliphatic rings. The van der Waals surface area contributed by atoms with Crippen molar-refractivity contribution in [2.24, 2.45) is 0 Å². The highest BCUT2D eigenvalue weighted by atomic mass is 15.0. The van der Waals surface area contributed by atoms with Gasteiger partial charge in [0.25, 0.3) is 0 Å². The maximum atomic E-state index is 5.05. The molecule has 0 radical (unpaired) electrons. The maximum Gasteiger partial charge on any atom is 0.114 e. The normalized spacial score (nSPS) is 23.3. The molecule has 0 amide bonds.